The molecule has 0 aliphatic carbocycles. The van der Waals surface area contributed by atoms with Crippen LogP contribution in [0.2, 0.25) is 0 Å². The maximum absolute atomic E-state index is 13.3. The first kappa shape index (κ1) is 35.1. The number of amides is 3. The highest BCUT2D eigenvalue weighted by molar-refractivity contribution is 6.44. The number of alkyl halides is 2. The molecular weight excluding hydrogens is 629 g/mol. The van der Waals surface area contributed by atoms with E-state index in [1.807, 2.05) is 44.3 Å². The van der Waals surface area contributed by atoms with Crippen LogP contribution in [0.5, 0.6) is 0 Å². The summed E-state index contributed by atoms with van der Waals surface area (Å²) in [7, 11) is 0. The molecule has 10 nitrogen and oxygen atoms in total. The zero-order valence-corrected chi connectivity index (χ0v) is 28.0. The summed E-state index contributed by atoms with van der Waals surface area (Å²) < 4.78 is 5.07. The lowest BCUT2D eigenvalue weighted by atomic mass is 10.0. The molecule has 46 heavy (non-hydrogen) atoms. The first-order valence-electron chi connectivity index (χ1n) is 15.5. The molecule has 1 aliphatic rings. The van der Waals surface area contributed by atoms with Gasteiger partial charge >= 0.3 is 5.97 Å². The fourth-order valence-electron chi connectivity index (χ4n) is 5.31. The van der Waals surface area contributed by atoms with Gasteiger partial charge in [0.25, 0.3) is 5.91 Å². The molecule has 1 saturated heterocycles. The van der Waals surface area contributed by atoms with Crippen LogP contribution in [-0.2, 0) is 36.8 Å². The van der Waals surface area contributed by atoms with E-state index in [1.54, 1.807) is 6.92 Å². The predicted octanol–water partition coefficient (Wildman–Crippen LogP) is 4.49. The molecule has 0 saturated carbocycles. The van der Waals surface area contributed by atoms with E-state index in [2.05, 4.69) is 52.2 Å². The molecule has 1 fully saturated rings. The molecule has 3 amide bonds. The van der Waals surface area contributed by atoms with Crippen molar-refractivity contribution in [3.05, 3.63) is 65.9 Å². The molecule has 3 N–H and O–H groups in total. The molecule has 2 heterocycles. The van der Waals surface area contributed by atoms with Crippen molar-refractivity contribution in [3.8, 4) is 11.3 Å². The van der Waals surface area contributed by atoms with Crippen molar-refractivity contribution < 1.29 is 23.9 Å². The SMILES string of the molecule is CCc1ccc2cnc(-c3cccc(CC(=O)NC(C(=O)NC(C)C(=O)N4CCCC(C(=O)OCC(Cl)Cl)N4)C(C)C)c3)cc2c1. The van der Waals surface area contributed by atoms with Crippen LogP contribution in [0.15, 0.2) is 54.7 Å². The van der Waals surface area contributed by atoms with Crippen molar-refractivity contribution >= 4 is 57.7 Å². The van der Waals surface area contributed by atoms with Crippen molar-refractivity contribution in [1.82, 2.24) is 26.1 Å². The third-order valence-electron chi connectivity index (χ3n) is 7.86. The second kappa shape index (κ2) is 16.2. The smallest absolute Gasteiger partial charge is 0.325 e. The van der Waals surface area contributed by atoms with Crippen molar-refractivity contribution in [2.24, 2.45) is 5.92 Å². The number of nitrogens with zero attached hydrogens (tertiary/aromatic N) is 2. The summed E-state index contributed by atoms with van der Waals surface area (Å²) in [6, 6.07) is 13.5. The number of carbonyl (C=O) groups is 4. The maximum Gasteiger partial charge on any atom is 0.325 e. The Morgan fingerprint density at radius 3 is 2.52 bits per heavy atom. The first-order valence-corrected chi connectivity index (χ1v) is 16.4. The van der Waals surface area contributed by atoms with Crippen LogP contribution in [0.25, 0.3) is 22.0 Å². The van der Waals surface area contributed by atoms with E-state index in [9.17, 15) is 19.2 Å². The first-order chi connectivity index (χ1) is 21.9. The molecule has 0 radical (unpaired) electrons. The average molecular weight is 671 g/mol. The van der Waals surface area contributed by atoms with Gasteiger partial charge in [0.1, 0.15) is 29.6 Å². The van der Waals surface area contributed by atoms with Gasteiger partial charge in [-0.15, -0.1) is 23.2 Å². The molecular formula is C34H41Cl2N5O5. The third kappa shape index (κ3) is 9.40. The van der Waals surface area contributed by atoms with Gasteiger partial charge in [0.15, 0.2) is 0 Å². The molecule has 0 bridgehead atoms. The minimum Gasteiger partial charge on any atom is -0.462 e. The van der Waals surface area contributed by atoms with Gasteiger partial charge in [-0.1, -0.05) is 57.2 Å². The van der Waals surface area contributed by atoms with E-state index >= 15 is 0 Å². The predicted molar refractivity (Wildman–Crippen MR) is 179 cm³/mol. The normalized spacial score (nSPS) is 16.3. The summed E-state index contributed by atoms with van der Waals surface area (Å²) in [5.41, 5.74) is 6.60. The number of nitrogens with one attached hydrogen (secondary N) is 3. The Labute approximate surface area is 279 Å². The number of benzene rings is 2. The van der Waals surface area contributed by atoms with E-state index < -0.39 is 40.7 Å². The number of aromatic nitrogens is 1. The molecule has 2 aromatic carbocycles. The quantitative estimate of drug-likeness (QED) is 0.191. The number of fused-ring (bicyclic) bond motifs is 1. The molecule has 4 rings (SSSR count). The van der Waals surface area contributed by atoms with Crippen LogP contribution in [-0.4, -0.2) is 69.8 Å². The molecule has 12 heteroatoms. The summed E-state index contributed by atoms with van der Waals surface area (Å²) in [6.45, 7) is 7.52. The van der Waals surface area contributed by atoms with Crippen molar-refractivity contribution in [2.75, 3.05) is 13.2 Å². The Hall–Kier alpha value is -3.73. The second-order valence-corrected chi connectivity index (χ2v) is 13.1. The summed E-state index contributed by atoms with van der Waals surface area (Å²) in [5, 5.41) is 9.04. The summed E-state index contributed by atoms with van der Waals surface area (Å²) in [6.07, 6.45) is 3.90. The van der Waals surface area contributed by atoms with Gasteiger partial charge in [-0.05, 0) is 60.7 Å². The summed E-state index contributed by atoms with van der Waals surface area (Å²) in [5.74, 6) is -2.02. The third-order valence-corrected chi connectivity index (χ3v) is 8.12. The van der Waals surface area contributed by atoms with Gasteiger partial charge in [0.2, 0.25) is 11.8 Å². The van der Waals surface area contributed by atoms with E-state index in [4.69, 9.17) is 27.9 Å². The van der Waals surface area contributed by atoms with Gasteiger partial charge in [-0.25, -0.2) is 5.43 Å². The molecule has 246 valence electrons. The van der Waals surface area contributed by atoms with Gasteiger partial charge < -0.3 is 15.4 Å². The highest BCUT2D eigenvalue weighted by Gasteiger charge is 2.33. The fourth-order valence-corrected chi connectivity index (χ4v) is 5.44. The van der Waals surface area contributed by atoms with Gasteiger partial charge in [0, 0.05) is 23.7 Å². The minimum absolute atomic E-state index is 0.0652. The van der Waals surface area contributed by atoms with Crippen LogP contribution in [0.1, 0.15) is 51.7 Å². The number of hydrazine groups is 1. The largest absolute Gasteiger partial charge is 0.462 e. The van der Waals surface area contributed by atoms with Crippen LogP contribution in [0, 0.1) is 5.92 Å². The summed E-state index contributed by atoms with van der Waals surface area (Å²) in [4.78, 5) is 55.6. The van der Waals surface area contributed by atoms with E-state index in [0.29, 0.717) is 19.4 Å². The zero-order chi connectivity index (χ0) is 33.4. The Morgan fingerprint density at radius 2 is 1.80 bits per heavy atom. The monoisotopic (exact) mass is 669 g/mol. The number of hydrogen-bond donors (Lipinski definition) is 3. The van der Waals surface area contributed by atoms with Crippen molar-refractivity contribution in [1.29, 1.82) is 0 Å². The number of aryl methyl sites for hydroxylation is 1. The topological polar surface area (TPSA) is 130 Å². The number of rotatable bonds is 12. The Bertz CT molecular complexity index is 1570. The zero-order valence-electron chi connectivity index (χ0n) is 26.5. The van der Waals surface area contributed by atoms with Crippen molar-refractivity contribution in [2.45, 2.75) is 76.3 Å². The van der Waals surface area contributed by atoms with Crippen LogP contribution >= 0.6 is 23.2 Å². The Balaban J connectivity index is 1.35. The molecule has 3 aromatic rings. The van der Waals surface area contributed by atoms with Gasteiger partial charge in [0.05, 0.1) is 12.1 Å². The van der Waals surface area contributed by atoms with Crippen LogP contribution in [0.4, 0.5) is 0 Å². The lowest BCUT2D eigenvalue weighted by Gasteiger charge is -2.34. The van der Waals surface area contributed by atoms with Gasteiger partial charge in [-0.3, -0.25) is 29.2 Å². The lowest BCUT2D eigenvalue weighted by Crippen LogP contribution is -2.61. The molecule has 3 unspecified atom stereocenters. The molecule has 0 spiro atoms. The van der Waals surface area contributed by atoms with Gasteiger partial charge in [-0.2, -0.15) is 0 Å². The number of halogens is 2. The lowest BCUT2D eigenvalue weighted by molar-refractivity contribution is -0.152. The van der Waals surface area contributed by atoms with Crippen molar-refractivity contribution in [3.63, 3.8) is 0 Å². The highest BCUT2D eigenvalue weighted by atomic mass is 35.5. The summed E-state index contributed by atoms with van der Waals surface area (Å²) >= 11 is 11.3. The second-order valence-electron chi connectivity index (χ2n) is 11.8. The highest BCUT2D eigenvalue weighted by Crippen LogP contribution is 2.24. The molecule has 3 atom stereocenters. The maximum atomic E-state index is 13.3. The molecule has 1 aliphatic heterocycles. The number of carbonyl (C=O) groups excluding carboxylic acids is 4. The number of ether oxygens (including phenoxy) is 1. The Kier molecular flexibility index (Phi) is 12.4. The minimum atomic E-state index is -0.914. The number of hydrogen-bond acceptors (Lipinski definition) is 7. The average Bonchev–Trinajstić information content (AvgIpc) is 3.05. The van der Waals surface area contributed by atoms with E-state index in [0.717, 1.165) is 34.0 Å². The van der Waals surface area contributed by atoms with Crippen LogP contribution in [0.3, 0.4) is 0 Å². The standard InChI is InChI=1S/C34H41Cl2N5O5/c1-5-22-11-12-25-18-37-28(17-26(25)14-22)24-9-6-8-23(15-24)16-30(42)39-31(20(2)3)32(43)38-21(4)33(44)41-13-7-10-27(40-41)34(45)46-19-29(35)36/h6,8-9,11-12,14-15,17-18,20-21,27,29,31,40H,5,7,10,13,16,19H2,1-4H3,(H,38,43)(H,39,42). The van der Waals surface area contributed by atoms with E-state index in [1.165, 1.54) is 10.6 Å². The number of pyridine rings is 1. The van der Waals surface area contributed by atoms with Crippen LogP contribution < -0.4 is 16.1 Å². The Morgan fingerprint density at radius 1 is 1.02 bits per heavy atom. The number of esters is 1. The fraction of sp³-hybridized carbons (Fsp3) is 0.441. The molecule has 1 aromatic heterocycles. The van der Waals surface area contributed by atoms with E-state index in [-0.39, 0.29) is 24.9 Å².